The summed E-state index contributed by atoms with van der Waals surface area (Å²) in [4.78, 5) is 16.5. The van der Waals surface area contributed by atoms with Gasteiger partial charge in [-0.25, -0.2) is 9.67 Å². The maximum atomic E-state index is 11.8. The summed E-state index contributed by atoms with van der Waals surface area (Å²) in [7, 11) is 0. The first-order chi connectivity index (χ1) is 10.9. The average Bonchev–Trinajstić information content (AvgIpc) is 3.24. The fourth-order valence-electron chi connectivity index (χ4n) is 2.23. The third-order valence-electron chi connectivity index (χ3n) is 3.30. The molecular weight excluding hydrogens is 310 g/mol. The predicted molar refractivity (Wildman–Crippen MR) is 89.9 cm³/mol. The number of para-hydroxylation sites is 1. The van der Waals surface area contributed by atoms with Crippen LogP contribution < -0.4 is 0 Å². The van der Waals surface area contributed by atoms with Crippen LogP contribution in [0.3, 0.4) is 0 Å². The summed E-state index contributed by atoms with van der Waals surface area (Å²) in [6.07, 6.45) is 2.31. The Morgan fingerprint density at radius 3 is 2.61 bits per heavy atom. The number of benzene rings is 1. The van der Waals surface area contributed by atoms with Crippen molar-refractivity contribution in [2.75, 3.05) is 5.75 Å². The van der Waals surface area contributed by atoms with Gasteiger partial charge in [-0.3, -0.25) is 4.79 Å². The fourth-order valence-corrected chi connectivity index (χ4v) is 2.83. The van der Waals surface area contributed by atoms with E-state index in [2.05, 4.69) is 10.1 Å². The summed E-state index contributed by atoms with van der Waals surface area (Å²) in [5.74, 6) is 1.45. The molecule has 3 rings (SSSR count). The molecule has 23 heavy (non-hydrogen) atoms. The number of carbonyl (C=O) groups is 1. The average molecular weight is 331 g/mol. The van der Waals surface area contributed by atoms with Gasteiger partial charge in [-0.15, -0.1) is 5.10 Å². The number of rotatable bonds is 5. The Kier molecular flexibility index (Phi) is 4.43. The highest BCUT2D eigenvalue weighted by atomic mass is 32.2. The molecule has 2 aromatic rings. The highest BCUT2D eigenvalue weighted by Gasteiger charge is 2.30. The lowest BCUT2D eigenvalue weighted by atomic mass is 10.2. The normalized spacial score (nSPS) is 14.7. The van der Waals surface area contributed by atoms with E-state index in [1.165, 1.54) is 11.8 Å². The van der Waals surface area contributed by atoms with E-state index in [0.717, 1.165) is 24.4 Å². The van der Waals surface area contributed by atoms with E-state index in [0.29, 0.717) is 11.1 Å². The van der Waals surface area contributed by atoms with Crippen molar-refractivity contribution < 1.29 is 9.53 Å². The molecule has 1 heterocycles. The highest BCUT2D eigenvalue weighted by molar-refractivity contribution is 7.99. The van der Waals surface area contributed by atoms with Gasteiger partial charge in [0.2, 0.25) is 5.16 Å². The zero-order valence-electron chi connectivity index (χ0n) is 13.7. The molecular formula is C17H21N3O2S. The minimum atomic E-state index is -0.465. The zero-order chi connectivity index (χ0) is 16.4. The van der Waals surface area contributed by atoms with Crippen LogP contribution in [0.4, 0.5) is 0 Å². The van der Waals surface area contributed by atoms with Crippen LogP contribution in [0.2, 0.25) is 0 Å². The van der Waals surface area contributed by atoms with Crippen LogP contribution in [0, 0.1) is 0 Å². The lowest BCUT2D eigenvalue weighted by molar-refractivity contribution is -0.151. The molecule has 1 aromatic heterocycles. The van der Waals surface area contributed by atoms with Crippen molar-refractivity contribution in [2.24, 2.45) is 0 Å². The SMILES string of the molecule is CC(C)(C)OC(=O)CSc1nc(C2CC2)n(-c2ccccc2)n1. The quantitative estimate of drug-likeness (QED) is 0.619. The van der Waals surface area contributed by atoms with Crippen molar-refractivity contribution in [2.45, 2.75) is 50.3 Å². The summed E-state index contributed by atoms with van der Waals surface area (Å²) >= 11 is 1.33. The molecule has 1 aliphatic rings. The van der Waals surface area contributed by atoms with Gasteiger partial charge in [0.05, 0.1) is 11.4 Å². The van der Waals surface area contributed by atoms with Gasteiger partial charge in [0.15, 0.2) is 0 Å². The van der Waals surface area contributed by atoms with Gasteiger partial charge in [0.25, 0.3) is 0 Å². The van der Waals surface area contributed by atoms with E-state index in [1.807, 2.05) is 55.8 Å². The lowest BCUT2D eigenvalue weighted by Crippen LogP contribution is -2.24. The Hall–Kier alpha value is -1.82. The molecule has 5 nitrogen and oxygen atoms in total. The van der Waals surface area contributed by atoms with Crippen LogP contribution in [-0.2, 0) is 9.53 Å². The van der Waals surface area contributed by atoms with Gasteiger partial charge in [-0.2, -0.15) is 0 Å². The van der Waals surface area contributed by atoms with Gasteiger partial charge < -0.3 is 4.74 Å². The van der Waals surface area contributed by atoms with Gasteiger partial charge in [0, 0.05) is 5.92 Å². The summed E-state index contributed by atoms with van der Waals surface area (Å²) in [6.45, 7) is 5.59. The molecule has 0 atom stereocenters. The molecule has 0 aliphatic heterocycles. The first-order valence-corrected chi connectivity index (χ1v) is 8.78. The molecule has 0 bridgehead atoms. The minimum absolute atomic E-state index is 0.222. The first kappa shape index (κ1) is 16.1. The van der Waals surface area contributed by atoms with Crippen molar-refractivity contribution in [3.63, 3.8) is 0 Å². The molecule has 6 heteroatoms. The van der Waals surface area contributed by atoms with E-state index >= 15 is 0 Å². The number of carbonyl (C=O) groups excluding carboxylic acids is 1. The van der Waals surface area contributed by atoms with Crippen LogP contribution in [-0.4, -0.2) is 32.1 Å². The Balaban J connectivity index is 1.73. The minimum Gasteiger partial charge on any atom is -0.459 e. The Morgan fingerprint density at radius 2 is 2.00 bits per heavy atom. The van der Waals surface area contributed by atoms with E-state index in [4.69, 9.17) is 4.74 Å². The van der Waals surface area contributed by atoms with Gasteiger partial charge in [-0.05, 0) is 45.7 Å². The second-order valence-electron chi connectivity index (χ2n) is 6.65. The van der Waals surface area contributed by atoms with Crippen LogP contribution in [0.5, 0.6) is 0 Å². The molecule has 1 aromatic carbocycles. The van der Waals surface area contributed by atoms with Crippen LogP contribution in [0.1, 0.15) is 45.4 Å². The number of esters is 1. The molecule has 0 unspecified atom stereocenters. The van der Waals surface area contributed by atoms with Crippen LogP contribution >= 0.6 is 11.8 Å². The number of hydrogen-bond donors (Lipinski definition) is 0. The molecule has 0 radical (unpaired) electrons. The highest BCUT2D eigenvalue weighted by Crippen LogP contribution is 2.40. The van der Waals surface area contributed by atoms with Crippen molar-refractivity contribution in [1.82, 2.24) is 14.8 Å². The topological polar surface area (TPSA) is 57.0 Å². The lowest BCUT2D eigenvalue weighted by Gasteiger charge is -2.18. The van der Waals surface area contributed by atoms with Crippen molar-refractivity contribution >= 4 is 17.7 Å². The van der Waals surface area contributed by atoms with Gasteiger partial charge in [0.1, 0.15) is 11.4 Å². The number of thioether (sulfide) groups is 1. The fraction of sp³-hybridized carbons (Fsp3) is 0.471. The molecule has 0 spiro atoms. The van der Waals surface area contributed by atoms with E-state index < -0.39 is 5.60 Å². The number of hydrogen-bond acceptors (Lipinski definition) is 5. The zero-order valence-corrected chi connectivity index (χ0v) is 14.5. The summed E-state index contributed by atoms with van der Waals surface area (Å²) < 4.78 is 7.22. The summed E-state index contributed by atoms with van der Waals surface area (Å²) in [5, 5.41) is 5.20. The van der Waals surface area contributed by atoms with Crippen molar-refractivity contribution in [1.29, 1.82) is 0 Å². The number of aromatic nitrogens is 3. The first-order valence-electron chi connectivity index (χ1n) is 7.79. The van der Waals surface area contributed by atoms with Gasteiger partial charge in [-0.1, -0.05) is 30.0 Å². The van der Waals surface area contributed by atoms with Crippen molar-refractivity contribution in [3.8, 4) is 5.69 Å². The molecule has 0 saturated heterocycles. The largest absolute Gasteiger partial charge is 0.459 e. The van der Waals surface area contributed by atoms with Gasteiger partial charge >= 0.3 is 5.97 Å². The standard InChI is InChI=1S/C17H21N3O2S/c1-17(2,3)22-14(21)11-23-16-18-15(12-9-10-12)20(19-16)13-7-5-4-6-8-13/h4-8,12H,9-11H2,1-3H3. The smallest absolute Gasteiger partial charge is 0.316 e. The summed E-state index contributed by atoms with van der Waals surface area (Å²) in [5.41, 5.74) is 0.541. The third kappa shape index (κ3) is 4.34. The Morgan fingerprint density at radius 1 is 1.30 bits per heavy atom. The molecule has 1 fully saturated rings. The maximum Gasteiger partial charge on any atom is 0.316 e. The molecule has 122 valence electrons. The molecule has 1 saturated carbocycles. The van der Waals surface area contributed by atoms with Crippen LogP contribution in [0.15, 0.2) is 35.5 Å². The Labute approximate surface area is 140 Å². The predicted octanol–water partition coefficient (Wildman–Crippen LogP) is 3.58. The second-order valence-corrected chi connectivity index (χ2v) is 7.59. The molecule has 1 aliphatic carbocycles. The maximum absolute atomic E-state index is 11.8. The van der Waals surface area contributed by atoms with Crippen molar-refractivity contribution in [3.05, 3.63) is 36.2 Å². The van der Waals surface area contributed by atoms with E-state index in [1.54, 1.807) is 0 Å². The van der Waals surface area contributed by atoms with E-state index in [9.17, 15) is 4.79 Å². The molecule has 0 N–H and O–H groups in total. The number of nitrogens with zero attached hydrogens (tertiary/aromatic N) is 3. The number of ether oxygens (including phenoxy) is 1. The Bertz CT molecular complexity index is 688. The third-order valence-corrected chi connectivity index (χ3v) is 4.11. The molecule has 0 amide bonds. The summed E-state index contributed by atoms with van der Waals surface area (Å²) in [6, 6.07) is 9.99. The van der Waals surface area contributed by atoms with Crippen LogP contribution in [0.25, 0.3) is 5.69 Å². The monoisotopic (exact) mass is 331 g/mol. The van der Waals surface area contributed by atoms with E-state index in [-0.39, 0.29) is 11.7 Å². The second kappa shape index (κ2) is 6.35.